The van der Waals surface area contributed by atoms with Crippen molar-refractivity contribution in [1.29, 1.82) is 0 Å². The number of carbonyl (C=O) groups excluding carboxylic acids is 1. The Balaban J connectivity index is 1.16. The van der Waals surface area contributed by atoms with Gasteiger partial charge in [0.25, 0.3) is 0 Å². The van der Waals surface area contributed by atoms with Crippen LogP contribution in [0.3, 0.4) is 0 Å². The Hall–Kier alpha value is -3.51. The molecule has 0 aliphatic carbocycles. The predicted octanol–water partition coefficient (Wildman–Crippen LogP) is 4.15. The van der Waals surface area contributed by atoms with Gasteiger partial charge < -0.3 is 19.7 Å². The molecular formula is C29H35N3O3. The first-order valence-corrected chi connectivity index (χ1v) is 12.3. The van der Waals surface area contributed by atoms with Crippen LogP contribution in [0.2, 0.25) is 0 Å². The molecule has 184 valence electrons. The van der Waals surface area contributed by atoms with Gasteiger partial charge in [0.05, 0.1) is 19.2 Å². The highest BCUT2D eigenvalue weighted by atomic mass is 16.5. The van der Waals surface area contributed by atoms with E-state index >= 15 is 0 Å². The lowest BCUT2D eigenvalue weighted by Gasteiger charge is -2.36. The van der Waals surface area contributed by atoms with Crippen LogP contribution in [0.25, 0.3) is 0 Å². The van der Waals surface area contributed by atoms with Crippen molar-refractivity contribution in [3.63, 3.8) is 0 Å². The number of hydrogen-bond donors (Lipinski definition) is 1. The van der Waals surface area contributed by atoms with Gasteiger partial charge in [-0.3, -0.25) is 9.69 Å². The zero-order chi connectivity index (χ0) is 24.3. The molecule has 0 radical (unpaired) electrons. The average Bonchev–Trinajstić information content (AvgIpc) is 2.91. The van der Waals surface area contributed by atoms with Crippen molar-refractivity contribution in [2.75, 3.05) is 51.3 Å². The molecule has 0 aromatic heterocycles. The van der Waals surface area contributed by atoms with Gasteiger partial charge in [0.15, 0.2) is 0 Å². The standard InChI is InChI=1S/C29H35N3O3/c1-34-28-15-8-6-13-26(28)32-20-18-31(19-21-32)17-9-16-30-29(33)22-25-12-5-7-14-27(25)35-23-24-10-3-2-4-11-24/h2-8,10-15H,9,16-23H2,1H3,(H,30,33). The number of nitrogens with zero attached hydrogens (tertiary/aromatic N) is 2. The molecule has 0 spiro atoms. The molecule has 1 heterocycles. The molecular weight excluding hydrogens is 438 g/mol. The van der Waals surface area contributed by atoms with Crippen LogP contribution in [0.15, 0.2) is 78.9 Å². The van der Waals surface area contributed by atoms with Crippen LogP contribution in [-0.2, 0) is 17.8 Å². The number of benzene rings is 3. The summed E-state index contributed by atoms with van der Waals surface area (Å²) in [4.78, 5) is 17.4. The highest BCUT2D eigenvalue weighted by Gasteiger charge is 2.19. The fourth-order valence-corrected chi connectivity index (χ4v) is 4.40. The van der Waals surface area contributed by atoms with Crippen LogP contribution in [0.5, 0.6) is 11.5 Å². The molecule has 0 bridgehead atoms. The van der Waals surface area contributed by atoms with E-state index in [1.165, 1.54) is 0 Å². The number of para-hydroxylation sites is 3. The average molecular weight is 474 g/mol. The third-order valence-corrected chi connectivity index (χ3v) is 6.33. The number of hydrogen-bond acceptors (Lipinski definition) is 5. The number of ether oxygens (including phenoxy) is 2. The van der Waals surface area contributed by atoms with Gasteiger partial charge in [0.1, 0.15) is 18.1 Å². The monoisotopic (exact) mass is 473 g/mol. The Labute approximate surface area is 208 Å². The molecule has 6 nitrogen and oxygen atoms in total. The maximum absolute atomic E-state index is 12.6. The smallest absolute Gasteiger partial charge is 0.224 e. The molecule has 1 aliphatic heterocycles. The highest BCUT2D eigenvalue weighted by Crippen LogP contribution is 2.28. The fraction of sp³-hybridized carbons (Fsp3) is 0.345. The summed E-state index contributed by atoms with van der Waals surface area (Å²) in [5, 5.41) is 3.07. The summed E-state index contributed by atoms with van der Waals surface area (Å²) in [5.41, 5.74) is 3.18. The van der Waals surface area contributed by atoms with E-state index in [2.05, 4.69) is 27.2 Å². The molecule has 4 rings (SSSR count). The number of anilines is 1. The Kier molecular flexibility index (Phi) is 9.01. The molecule has 1 saturated heterocycles. The van der Waals surface area contributed by atoms with Gasteiger partial charge in [0, 0.05) is 38.3 Å². The first-order chi connectivity index (χ1) is 17.2. The van der Waals surface area contributed by atoms with Crippen molar-refractivity contribution >= 4 is 11.6 Å². The van der Waals surface area contributed by atoms with Crippen molar-refractivity contribution in [1.82, 2.24) is 10.2 Å². The van der Waals surface area contributed by atoms with E-state index in [1.807, 2.05) is 66.7 Å². The first kappa shape index (κ1) is 24.6. The van der Waals surface area contributed by atoms with Gasteiger partial charge in [-0.1, -0.05) is 60.7 Å². The third-order valence-electron chi connectivity index (χ3n) is 6.33. The molecule has 0 unspecified atom stereocenters. The van der Waals surface area contributed by atoms with E-state index in [4.69, 9.17) is 9.47 Å². The normalized spacial score (nSPS) is 13.9. The van der Waals surface area contributed by atoms with Crippen molar-refractivity contribution in [3.8, 4) is 11.5 Å². The number of rotatable bonds is 11. The van der Waals surface area contributed by atoms with Crippen LogP contribution in [-0.4, -0.2) is 57.2 Å². The Bertz CT molecular complexity index is 1070. The lowest BCUT2D eigenvalue weighted by atomic mass is 10.1. The Morgan fingerprint density at radius 3 is 2.31 bits per heavy atom. The molecule has 35 heavy (non-hydrogen) atoms. The summed E-state index contributed by atoms with van der Waals surface area (Å²) in [6.45, 7) is 6.13. The van der Waals surface area contributed by atoms with Gasteiger partial charge in [-0.15, -0.1) is 0 Å². The second-order valence-electron chi connectivity index (χ2n) is 8.76. The second kappa shape index (κ2) is 12.8. The Morgan fingerprint density at radius 1 is 0.857 bits per heavy atom. The topological polar surface area (TPSA) is 54.0 Å². The minimum Gasteiger partial charge on any atom is -0.495 e. The SMILES string of the molecule is COc1ccccc1N1CCN(CCCNC(=O)Cc2ccccc2OCc2ccccc2)CC1. The number of amides is 1. The van der Waals surface area contributed by atoms with E-state index in [9.17, 15) is 4.79 Å². The second-order valence-corrected chi connectivity index (χ2v) is 8.76. The zero-order valence-corrected chi connectivity index (χ0v) is 20.5. The van der Waals surface area contributed by atoms with Gasteiger partial charge in [0.2, 0.25) is 5.91 Å². The largest absolute Gasteiger partial charge is 0.495 e. The lowest BCUT2D eigenvalue weighted by Crippen LogP contribution is -2.47. The van der Waals surface area contributed by atoms with E-state index in [-0.39, 0.29) is 5.91 Å². The molecule has 1 amide bonds. The molecule has 0 saturated carbocycles. The van der Waals surface area contributed by atoms with E-state index in [1.54, 1.807) is 7.11 Å². The molecule has 3 aromatic rings. The number of methoxy groups -OCH3 is 1. The number of carbonyl (C=O) groups is 1. The fourth-order valence-electron chi connectivity index (χ4n) is 4.40. The lowest BCUT2D eigenvalue weighted by molar-refractivity contribution is -0.120. The minimum absolute atomic E-state index is 0.0294. The number of piperazine rings is 1. The van der Waals surface area contributed by atoms with Gasteiger partial charge >= 0.3 is 0 Å². The summed E-state index contributed by atoms with van der Waals surface area (Å²) in [6, 6.07) is 26.0. The van der Waals surface area contributed by atoms with Crippen molar-refractivity contribution in [3.05, 3.63) is 90.0 Å². The summed E-state index contributed by atoms with van der Waals surface area (Å²) >= 11 is 0. The van der Waals surface area contributed by atoms with Crippen LogP contribution in [0, 0.1) is 0 Å². The molecule has 1 aliphatic rings. The van der Waals surface area contributed by atoms with Crippen molar-refractivity contribution in [2.45, 2.75) is 19.4 Å². The van der Waals surface area contributed by atoms with Gasteiger partial charge in [-0.2, -0.15) is 0 Å². The molecule has 1 N–H and O–H groups in total. The maximum atomic E-state index is 12.6. The Morgan fingerprint density at radius 2 is 1.54 bits per heavy atom. The zero-order valence-electron chi connectivity index (χ0n) is 20.5. The van der Waals surface area contributed by atoms with E-state index in [0.717, 1.165) is 67.5 Å². The summed E-state index contributed by atoms with van der Waals surface area (Å²) in [6.07, 6.45) is 1.26. The van der Waals surface area contributed by atoms with E-state index < -0.39 is 0 Å². The number of nitrogens with one attached hydrogen (secondary N) is 1. The predicted molar refractivity (Wildman–Crippen MR) is 140 cm³/mol. The summed E-state index contributed by atoms with van der Waals surface area (Å²) in [5.74, 6) is 1.72. The van der Waals surface area contributed by atoms with Crippen molar-refractivity contribution < 1.29 is 14.3 Å². The van der Waals surface area contributed by atoms with E-state index in [0.29, 0.717) is 19.6 Å². The first-order valence-electron chi connectivity index (χ1n) is 12.3. The van der Waals surface area contributed by atoms with Gasteiger partial charge in [-0.05, 0) is 36.7 Å². The molecule has 0 atom stereocenters. The van der Waals surface area contributed by atoms with Crippen molar-refractivity contribution in [2.24, 2.45) is 0 Å². The quantitative estimate of drug-likeness (QED) is 0.424. The van der Waals surface area contributed by atoms with Gasteiger partial charge in [-0.25, -0.2) is 0 Å². The summed E-state index contributed by atoms with van der Waals surface area (Å²) in [7, 11) is 1.72. The van der Waals surface area contributed by atoms with Crippen LogP contribution in [0.4, 0.5) is 5.69 Å². The summed E-state index contributed by atoms with van der Waals surface area (Å²) < 4.78 is 11.5. The van der Waals surface area contributed by atoms with Crippen LogP contribution < -0.4 is 19.7 Å². The minimum atomic E-state index is 0.0294. The highest BCUT2D eigenvalue weighted by molar-refractivity contribution is 5.79. The van der Waals surface area contributed by atoms with Crippen LogP contribution >= 0.6 is 0 Å². The van der Waals surface area contributed by atoms with Crippen LogP contribution in [0.1, 0.15) is 17.5 Å². The molecule has 6 heteroatoms. The molecule has 1 fully saturated rings. The molecule has 3 aromatic carbocycles. The third kappa shape index (κ3) is 7.23. The maximum Gasteiger partial charge on any atom is 0.224 e.